The van der Waals surface area contributed by atoms with Gasteiger partial charge in [0.15, 0.2) is 0 Å². The number of hydrogen-bond donors (Lipinski definition) is 0. The Kier molecular flexibility index (Phi) is 5.92. The molecule has 0 unspecified atom stereocenters. The first-order chi connectivity index (χ1) is 11.8. The fourth-order valence-electron chi connectivity index (χ4n) is 2.57. The van der Waals surface area contributed by atoms with E-state index in [0.29, 0.717) is 17.3 Å². The van der Waals surface area contributed by atoms with E-state index in [-0.39, 0.29) is 15.3 Å². The first kappa shape index (κ1) is 19.3. The number of ether oxygens (including phenoxy) is 1. The minimum atomic E-state index is -3.68. The van der Waals surface area contributed by atoms with Gasteiger partial charge in [-0.3, -0.25) is 0 Å². The SMILES string of the molecule is COc1ccc([C@@H]2SCCN2S(=O)(=O)c2ccc(Cl)c(Cl)c2)cc1Br. The number of sulfonamides is 1. The predicted molar refractivity (Wildman–Crippen MR) is 106 cm³/mol. The molecular formula is C16H14BrCl2NO3S2. The second-order valence-electron chi connectivity index (χ2n) is 5.31. The quantitative estimate of drug-likeness (QED) is 0.600. The molecule has 0 saturated carbocycles. The minimum absolute atomic E-state index is 0.141. The maximum absolute atomic E-state index is 13.1. The molecule has 2 aromatic rings. The number of rotatable bonds is 4. The summed E-state index contributed by atoms with van der Waals surface area (Å²) in [6.07, 6.45) is 0. The van der Waals surface area contributed by atoms with Crippen LogP contribution in [0.2, 0.25) is 10.0 Å². The van der Waals surface area contributed by atoms with E-state index in [2.05, 4.69) is 15.9 Å². The van der Waals surface area contributed by atoms with Crippen LogP contribution in [0, 0.1) is 0 Å². The van der Waals surface area contributed by atoms with Crippen molar-refractivity contribution in [2.24, 2.45) is 0 Å². The Morgan fingerprint density at radius 3 is 2.60 bits per heavy atom. The number of methoxy groups -OCH3 is 1. The normalized spacial score (nSPS) is 18.5. The highest BCUT2D eigenvalue weighted by atomic mass is 79.9. The zero-order valence-corrected chi connectivity index (χ0v) is 17.8. The Morgan fingerprint density at radius 2 is 1.96 bits per heavy atom. The van der Waals surface area contributed by atoms with Gasteiger partial charge in [-0.2, -0.15) is 4.31 Å². The third-order valence-corrected chi connectivity index (χ3v) is 8.42. The van der Waals surface area contributed by atoms with Crippen LogP contribution in [-0.4, -0.2) is 32.1 Å². The number of benzene rings is 2. The molecule has 0 spiro atoms. The summed E-state index contributed by atoms with van der Waals surface area (Å²) in [5.74, 6) is 1.42. The molecule has 0 amide bonds. The Morgan fingerprint density at radius 1 is 1.20 bits per heavy atom. The van der Waals surface area contributed by atoms with Gasteiger partial charge in [-0.1, -0.05) is 29.3 Å². The molecule has 4 nitrogen and oxygen atoms in total. The molecule has 134 valence electrons. The van der Waals surface area contributed by atoms with Crippen molar-refractivity contribution in [1.29, 1.82) is 0 Å². The first-order valence-corrected chi connectivity index (χ1v) is 11.3. The standard InChI is InChI=1S/C16H14BrCl2NO3S2/c1-23-15-5-2-10(8-12(15)17)16-20(6-7-24-16)25(21,22)11-3-4-13(18)14(19)9-11/h2-5,8-9,16H,6-7H2,1H3/t16-/m0/s1. The van der Waals surface area contributed by atoms with Crippen LogP contribution in [0.4, 0.5) is 0 Å². The third-order valence-electron chi connectivity index (χ3n) is 3.81. The van der Waals surface area contributed by atoms with E-state index >= 15 is 0 Å². The van der Waals surface area contributed by atoms with Gasteiger partial charge in [0.25, 0.3) is 0 Å². The highest BCUT2D eigenvalue weighted by Gasteiger charge is 2.37. The van der Waals surface area contributed by atoms with Gasteiger partial charge in [0.2, 0.25) is 10.0 Å². The molecule has 0 aromatic heterocycles. The summed E-state index contributed by atoms with van der Waals surface area (Å²) in [5.41, 5.74) is 0.888. The second-order valence-corrected chi connectivity index (χ2v) is 10.1. The van der Waals surface area contributed by atoms with Gasteiger partial charge in [-0.25, -0.2) is 8.42 Å². The van der Waals surface area contributed by atoms with Gasteiger partial charge < -0.3 is 4.74 Å². The Hall–Kier alpha value is -0.440. The first-order valence-electron chi connectivity index (χ1n) is 7.26. The molecule has 1 heterocycles. The monoisotopic (exact) mass is 481 g/mol. The van der Waals surface area contributed by atoms with E-state index < -0.39 is 10.0 Å². The van der Waals surface area contributed by atoms with Gasteiger partial charge in [0.05, 0.1) is 31.9 Å². The topological polar surface area (TPSA) is 46.6 Å². The number of nitrogens with zero attached hydrogens (tertiary/aromatic N) is 1. The molecule has 0 radical (unpaired) electrons. The van der Waals surface area contributed by atoms with Gasteiger partial charge in [0.1, 0.15) is 5.75 Å². The zero-order chi connectivity index (χ0) is 18.2. The predicted octanol–water partition coefficient (Wildman–Crippen LogP) is 5.20. The second kappa shape index (κ2) is 7.66. The average Bonchev–Trinajstić information content (AvgIpc) is 3.07. The molecule has 1 fully saturated rings. The van der Waals surface area contributed by atoms with Crippen molar-refractivity contribution in [2.45, 2.75) is 10.3 Å². The fraction of sp³-hybridized carbons (Fsp3) is 0.250. The zero-order valence-electron chi connectivity index (χ0n) is 13.1. The van der Waals surface area contributed by atoms with Crippen LogP contribution in [0.25, 0.3) is 0 Å². The van der Waals surface area contributed by atoms with Crippen molar-refractivity contribution in [3.8, 4) is 5.75 Å². The van der Waals surface area contributed by atoms with Crippen molar-refractivity contribution in [3.05, 3.63) is 56.5 Å². The van der Waals surface area contributed by atoms with Gasteiger partial charge in [0, 0.05) is 12.3 Å². The summed E-state index contributed by atoms with van der Waals surface area (Å²) < 4.78 is 33.6. The van der Waals surface area contributed by atoms with Crippen LogP contribution in [-0.2, 0) is 10.0 Å². The van der Waals surface area contributed by atoms with Crippen LogP contribution in [0.1, 0.15) is 10.9 Å². The summed E-state index contributed by atoms with van der Waals surface area (Å²) in [4.78, 5) is 0.141. The maximum Gasteiger partial charge on any atom is 0.244 e. The largest absolute Gasteiger partial charge is 0.496 e. The van der Waals surface area contributed by atoms with Crippen LogP contribution in [0.3, 0.4) is 0 Å². The van der Waals surface area contributed by atoms with Gasteiger partial charge in [-0.05, 0) is 51.8 Å². The summed E-state index contributed by atoms with van der Waals surface area (Å²) in [6.45, 7) is 0.432. The molecule has 2 aromatic carbocycles. The molecule has 0 bridgehead atoms. The van der Waals surface area contributed by atoms with Crippen molar-refractivity contribution in [1.82, 2.24) is 4.31 Å². The van der Waals surface area contributed by atoms with E-state index in [0.717, 1.165) is 15.8 Å². The maximum atomic E-state index is 13.1. The molecule has 1 aliphatic rings. The number of halogens is 3. The summed E-state index contributed by atoms with van der Waals surface area (Å²) >= 11 is 16.9. The lowest BCUT2D eigenvalue weighted by Gasteiger charge is -2.24. The van der Waals surface area contributed by atoms with Crippen LogP contribution < -0.4 is 4.74 Å². The molecule has 25 heavy (non-hydrogen) atoms. The summed E-state index contributed by atoms with van der Waals surface area (Å²) in [5, 5.41) is 0.243. The van der Waals surface area contributed by atoms with Crippen molar-refractivity contribution < 1.29 is 13.2 Å². The van der Waals surface area contributed by atoms with E-state index in [1.165, 1.54) is 22.5 Å². The molecule has 1 atom stereocenters. The fourth-order valence-corrected chi connectivity index (χ4v) is 6.75. The van der Waals surface area contributed by atoms with Gasteiger partial charge >= 0.3 is 0 Å². The molecule has 9 heteroatoms. The highest BCUT2D eigenvalue weighted by Crippen LogP contribution is 2.43. The van der Waals surface area contributed by atoms with E-state index in [9.17, 15) is 8.42 Å². The lowest BCUT2D eigenvalue weighted by atomic mass is 10.2. The van der Waals surface area contributed by atoms with Crippen LogP contribution in [0.15, 0.2) is 45.8 Å². The smallest absolute Gasteiger partial charge is 0.244 e. The van der Waals surface area contributed by atoms with Crippen molar-refractivity contribution in [3.63, 3.8) is 0 Å². The summed E-state index contributed by atoms with van der Waals surface area (Å²) in [6, 6.07) is 9.96. The Balaban J connectivity index is 1.97. The highest BCUT2D eigenvalue weighted by molar-refractivity contribution is 9.10. The van der Waals surface area contributed by atoms with Crippen molar-refractivity contribution in [2.75, 3.05) is 19.4 Å². The van der Waals surface area contributed by atoms with Crippen LogP contribution in [0.5, 0.6) is 5.75 Å². The van der Waals surface area contributed by atoms with Crippen LogP contribution >= 0.6 is 50.9 Å². The lowest BCUT2D eigenvalue weighted by Crippen LogP contribution is -2.30. The molecule has 1 saturated heterocycles. The van der Waals surface area contributed by atoms with Gasteiger partial charge in [-0.15, -0.1) is 11.8 Å². The molecule has 3 rings (SSSR count). The Labute approximate surface area is 169 Å². The Bertz CT molecular complexity index is 908. The summed E-state index contributed by atoms with van der Waals surface area (Å²) in [7, 11) is -2.09. The molecule has 0 N–H and O–H groups in total. The third kappa shape index (κ3) is 3.82. The lowest BCUT2D eigenvalue weighted by molar-refractivity contribution is 0.410. The van der Waals surface area contributed by atoms with E-state index in [1.807, 2.05) is 18.2 Å². The number of thioether (sulfide) groups is 1. The molecular weight excluding hydrogens is 469 g/mol. The average molecular weight is 483 g/mol. The molecule has 1 aliphatic heterocycles. The minimum Gasteiger partial charge on any atom is -0.496 e. The van der Waals surface area contributed by atoms with E-state index in [1.54, 1.807) is 18.9 Å². The van der Waals surface area contributed by atoms with Crippen molar-refractivity contribution >= 4 is 60.9 Å². The van der Waals surface area contributed by atoms with E-state index in [4.69, 9.17) is 27.9 Å². The number of hydrogen-bond acceptors (Lipinski definition) is 4. The molecule has 0 aliphatic carbocycles.